The smallest absolute Gasteiger partial charge is 0.261 e. The maximum absolute atomic E-state index is 12.5. The Labute approximate surface area is 148 Å². The molecule has 2 aromatic rings. The molecule has 24 heavy (non-hydrogen) atoms. The molecule has 0 bridgehead atoms. The highest BCUT2D eigenvalue weighted by Crippen LogP contribution is 2.23. The van der Waals surface area contributed by atoms with Gasteiger partial charge in [-0.1, -0.05) is 37.3 Å². The number of benzene rings is 2. The second kappa shape index (κ2) is 7.93. The summed E-state index contributed by atoms with van der Waals surface area (Å²) in [7, 11) is 1.55. The number of methoxy groups -OCH3 is 1. The lowest BCUT2D eigenvalue weighted by Crippen LogP contribution is -2.34. The molecule has 2 aromatic carbocycles. The quantitative estimate of drug-likeness (QED) is 0.825. The Morgan fingerprint density at radius 2 is 1.79 bits per heavy atom. The minimum atomic E-state index is -0.292. The number of nitrogens with one attached hydrogen (secondary N) is 2. The van der Waals surface area contributed by atoms with Crippen LogP contribution in [-0.2, 0) is 6.42 Å². The first kappa shape index (κ1) is 17.9. The van der Waals surface area contributed by atoms with E-state index in [2.05, 4.69) is 17.6 Å². The van der Waals surface area contributed by atoms with Crippen LogP contribution in [0.1, 0.15) is 34.0 Å². The normalized spacial score (nSPS) is 10.2. The molecule has 0 radical (unpaired) electrons. The van der Waals surface area contributed by atoms with Gasteiger partial charge in [-0.15, -0.1) is 0 Å². The molecule has 0 fully saturated rings. The molecule has 4 nitrogen and oxygen atoms in total. The standard InChI is InChI=1S/C19H22N2O2S/c1-5-14-10-6-8-12(2)16(14)20-19(24)21-18(22)15-11-7-9-13(3)17(15)23-4/h6-11H,5H2,1-4H3,(H2,20,21,22,24). The molecule has 0 saturated carbocycles. The summed E-state index contributed by atoms with van der Waals surface area (Å²) < 4.78 is 5.33. The van der Waals surface area contributed by atoms with E-state index in [0.29, 0.717) is 11.3 Å². The molecule has 0 aliphatic carbocycles. The molecule has 0 saturated heterocycles. The van der Waals surface area contributed by atoms with Crippen LogP contribution < -0.4 is 15.4 Å². The third kappa shape index (κ3) is 3.92. The van der Waals surface area contributed by atoms with Crippen LogP contribution in [0.25, 0.3) is 0 Å². The lowest BCUT2D eigenvalue weighted by Gasteiger charge is -2.16. The van der Waals surface area contributed by atoms with Crippen molar-refractivity contribution in [2.75, 3.05) is 12.4 Å². The molecule has 0 aromatic heterocycles. The topological polar surface area (TPSA) is 50.4 Å². The molecule has 0 aliphatic heterocycles. The van der Waals surface area contributed by atoms with Gasteiger partial charge in [-0.05, 0) is 55.2 Å². The van der Waals surface area contributed by atoms with E-state index in [4.69, 9.17) is 17.0 Å². The first-order valence-electron chi connectivity index (χ1n) is 7.82. The zero-order valence-electron chi connectivity index (χ0n) is 14.4. The summed E-state index contributed by atoms with van der Waals surface area (Å²) in [5.41, 5.74) is 4.54. The average molecular weight is 342 g/mol. The minimum Gasteiger partial charge on any atom is -0.496 e. The van der Waals surface area contributed by atoms with E-state index in [9.17, 15) is 4.79 Å². The zero-order valence-corrected chi connectivity index (χ0v) is 15.2. The van der Waals surface area contributed by atoms with Gasteiger partial charge in [0.15, 0.2) is 5.11 Å². The third-order valence-electron chi connectivity index (χ3n) is 3.87. The molecular weight excluding hydrogens is 320 g/mol. The van der Waals surface area contributed by atoms with Gasteiger partial charge in [0.25, 0.3) is 5.91 Å². The minimum absolute atomic E-state index is 0.271. The summed E-state index contributed by atoms with van der Waals surface area (Å²) in [4.78, 5) is 12.5. The van der Waals surface area contributed by atoms with Crippen LogP contribution in [0.3, 0.4) is 0 Å². The first-order chi connectivity index (χ1) is 11.5. The number of para-hydroxylation sites is 2. The van der Waals surface area contributed by atoms with Crippen LogP contribution in [0.15, 0.2) is 36.4 Å². The van der Waals surface area contributed by atoms with E-state index in [0.717, 1.165) is 28.8 Å². The summed E-state index contributed by atoms with van der Waals surface area (Å²) in [6, 6.07) is 11.5. The lowest BCUT2D eigenvalue weighted by atomic mass is 10.1. The Kier molecular flexibility index (Phi) is 5.93. The van der Waals surface area contributed by atoms with Gasteiger partial charge in [-0.25, -0.2) is 0 Å². The molecule has 0 heterocycles. The van der Waals surface area contributed by atoms with Crippen molar-refractivity contribution in [1.29, 1.82) is 0 Å². The number of amides is 1. The van der Waals surface area contributed by atoms with Crippen molar-refractivity contribution in [3.8, 4) is 5.75 Å². The van der Waals surface area contributed by atoms with E-state index >= 15 is 0 Å². The van der Waals surface area contributed by atoms with E-state index in [1.54, 1.807) is 13.2 Å². The van der Waals surface area contributed by atoms with Crippen molar-refractivity contribution >= 4 is 28.9 Å². The Morgan fingerprint density at radius 3 is 2.46 bits per heavy atom. The largest absolute Gasteiger partial charge is 0.496 e. The second-order valence-corrected chi connectivity index (χ2v) is 5.93. The van der Waals surface area contributed by atoms with Crippen molar-refractivity contribution in [3.63, 3.8) is 0 Å². The van der Waals surface area contributed by atoms with Crippen molar-refractivity contribution < 1.29 is 9.53 Å². The number of ether oxygens (including phenoxy) is 1. The van der Waals surface area contributed by atoms with Crippen LogP contribution >= 0.6 is 12.2 Å². The van der Waals surface area contributed by atoms with Crippen LogP contribution in [-0.4, -0.2) is 18.1 Å². The highest BCUT2D eigenvalue weighted by molar-refractivity contribution is 7.80. The number of aryl methyl sites for hydroxylation is 3. The molecule has 5 heteroatoms. The van der Waals surface area contributed by atoms with Gasteiger partial charge in [0.05, 0.1) is 12.7 Å². The van der Waals surface area contributed by atoms with Crippen LogP contribution in [0, 0.1) is 13.8 Å². The number of carbonyl (C=O) groups is 1. The van der Waals surface area contributed by atoms with E-state index < -0.39 is 0 Å². The van der Waals surface area contributed by atoms with Crippen molar-refractivity contribution in [1.82, 2.24) is 5.32 Å². The average Bonchev–Trinajstić information content (AvgIpc) is 2.56. The highest BCUT2D eigenvalue weighted by Gasteiger charge is 2.15. The van der Waals surface area contributed by atoms with Crippen LogP contribution in [0.4, 0.5) is 5.69 Å². The van der Waals surface area contributed by atoms with E-state index in [1.165, 1.54) is 0 Å². The third-order valence-corrected chi connectivity index (χ3v) is 4.07. The number of hydrogen-bond donors (Lipinski definition) is 2. The monoisotopic (exact) mass is 342 g/mol. The SMILES string of the molecule is CCc1cccc(C)c1NC(=S)NC(=O)c1cccc(C)c1OC. The summed E-state index contributed by atoms with van der Waals surface area (Å²) in [6.45, 7) is 5.99. The maximum atomic E-state index is 12.5. The molecule has 0 aliphatic rings. The predicted molar refractivity (Wildman–Crippen MR) is 102 cm³/mol. The van der Waals surface area contributed by atoms with Gasteiger partial charge in [0.2, 0.25) is 0 Å². The second-order valence-electron chi connectivity index (χ2n) is 5.53. The van der Waals surface area contributed by atoms with Crippen molar-refractivity contribution in [2.24, 2.45) is 0 Å². The van der Waals surface area contributed by atoms with Gasteiger partial charge in [0.1, 0.15) is 5.75 Å². The summed E-state index contributed by atoms with van der Waals surface area (Å²) in [5, 5.41) is 6.14. The van der Waals surface area contributed by atoms with E-state index in [1.807, 2.05) is 44.2 Å². The Balaban J connectivity index is 2.17. The number of hydrogen-bond acceptors (Lipinski definition) is 3. The fourth-order valence-electron chi connectivity index (χ4n) is 2.62. The van der Waals surface area contributed by atoms with Crippen LogP contribution in [0.5, 0.6) is 5.75 Å². The highest BCUT2D eigenvalue weighted by atomic mass is 32.1. The fourth-order valence-corrected chi connectivity index (χ4v) is 2.81. The Bertz CT molecular complexity index is 772. The number of anilines is 1. The number of carbonyl (C=O) groups excluding carboxylic acids is 1. The van der Waals surface area contributed by atoms with Gasteiger partial charge in [-0.3, -0.25) is 10.1 Å². The molecular formula is C19H22N2O2S. The number of thiocarbonyl (C=S) groups is 1. The fraction of sp³-hybridized carbons (Fsp3) is 0.263. The predicted octanol–water partition coefficient (Wildman–Crippen LogP) is 4.00. The van der Waals surface area contributed by atoms with Gasteiger partial charge in [-0.2, -0.15) is 0 Å². The number of rotatable bonds is 4. The zero-order chi connectivity index (χ0) is 17.7. The molecule has 0 unspecified atom stereocenters. The van der Waals surface area contributed by atoms with Gasteiger partial charge >= 0.3 is 0 Å². The lowest BCUT2D eigenvalue weighted by molar-refractivity contribution is 0.0974. The Hall–Kier alpha value is -2.40. The molecule has 126 valence electrons. The molecule has 0 atom stereocenters. The van der Waals surface area contributed by atoms with E-state index in [-0.39, 0.29) is 11.0 Å². The molecule has 2 rings (SSSR count). The van der Waals surface area contributed by atoms with Gasteiger partial charge < -0.3 is 10.1 Å². The molecule has 2 N–H and O–H groups in total. The summed E-state index contributed by atoms with van der Waals surface area (Å²) in [6.07, 6.45) is 0.881. The van der Waals surface area contributed by atoms with Crippen molar-refractivity contribution in [3.05, 3.63) is 58.7 Å². The molecule has 1 amide bonds. The maximum Gasteiger partial charge on any atom is 0.261 e. The first-order valence-corrected chi connectivity index (χ1v) is 8.23. The van der Waals surface area contributed by atoms with Crippen LogP contribution in [0.2, 0.25) is 0 Å². The van der Waals surface area contributed by atoms with Gasteiger partial charge in [0, 0.05) is 5.69 Å². The Morgan fingerprint density at radius 1 is 1.12 bits per heavy atom. The summed E-state index contributed by atoms with van der Waals surface area (Å²) in [5.74, 6) is 0.266. The van der Waals surface area contributed by atoms with Crippen molar-refractivity contribution in [2.45, 2.75) is 27.2 Å². The summed E-state index contributed by atoms with van der Waals surface area (Å²) >= 11 is 5.31. The molecule has 0 spiro atoms.